The van der Waals surface area contributed by atoms with Gasteiger partial charge in [0.15, 0.2) is 0 Å². The molecule has 2 aliphatic carbocycles. The normalized spacial score (nSPS) is 17.7. The maximum Gasteiger partial charge on any atom is 0.335 e. The summed E-state index contributed by atoms with van der Waals surface area (Å²) in [5.41, 5.74) is 5.08. The summed E-state index contributed by atoms with van der Waals surface area (Å²) < 4.78 is 0. The predicted molar refractivity (Wildman–Crippen MR) is 113 cm³/mol. The molecule has 2 aromatic carbocycles. The maximum atomic E-state index is 12.0. The molecule has 0 heterocycles. The van der Waals surface area contributed by atoms with Crippen molar-refractivity contribution in [1.29, 1.82) is 0 Å². The Kier molecular flexibility index (Phi) is 5.70. The average molecular weight is 392 g/mol. The van der Waals surface area contributed by atoms with Crippen molar-refractivity contribution in [2.45, 2.75) is 69.6 Å². The summed E-state index contributed by atoms with van der Waals surface area (Å²) in [7, 11) is 0. The van der Waals surface area contributed by atoms with E-state index in [9.17, 15) is 19.8 Å². The first-order valence-corrected chi connectivity index (χ1v) is 10.8. The van der Waals surface area contributed by atoms with Crippen molar-refractivity contribution in [1.82, 2.24) is 0 Å². The summed E-state index contributed by atoms with van der Waals surface area (Å²) in [5.74, 6) is -1.11. The first-order valence-electron chi connectivity index (χ1n) is 10.8. The molecule has 2 fully saturated rings. The third kappa shape index (κ3) is 3.93. The molecular formula is C25H28O4. The number of aromatic carboxylic acids is 1. The summed E-state index contributed by atoms with van der Waals surface area (Å²) >= 11 is 0. The van der Waals surface area contributed by atoms with Crippen LogP contribution in [-0.2, 0) is 11.2 Å². The quantitative estimate of drug-likeness (QED) is 0.633. The molecule has 0 spiro atoms. The van der Waals surface area contributed by atoms with Gasteiger partial charge in [0.2, 0.25) is 0 Å². The minimum absolute atomic E-state index is 0.0244. The van der Waals surface area contributed by atoms with Crippen LogP contribution < -0.4 is 0 Å². The van der Waals surface area contributed by atoms with E-state index in [0.29, 0.717) is 11.5 Å². The zero-order chi connectivity index (χ0) is 20.4. The van der Waals surface area contributed by atoms with Gasteiger partial charge in [0.1, 0.15) is 0 Å². The number of benzene rings is 2. The van der Waals surface area contributed by atoms with Crippen molar-refractivity contribution in [2.75, 3.05) is 0 Å². The van der Waals surface area contributed by atoms with Gasteiger partial charge >= 0.3 is 11.9 Å². The second-order valence-corrected chi connectivity index (χ2v) is 8.48. The lowest BCUT2D eigenvalue weighted by molar-refractivity contribution is -0.136. The van der Waals surface area contributed by atoms with Crippen LogP contribution in [-0.4, -0.2) is 22.2 Å². The van der Waals surface area contributed by atoms with Crippen LogP contribution in [0.1, 0.15) is 90.3 Å². The largest absolute Gasteiger partial charge is 0.481 e. The van der Waals surface area contributed by atoms with Gasteiger partial charge in [-0.3, -0.25) is 4.79 Å². The number of rotatable bonds is 6. The van der Waals surface area contributed by atoms with Gasteiger partial charge in [0.25, 0.3) is 0 Å². The van der Waals surface area contributed by atoms with Crippen LogP contribution in [0.15, 0.2) is 36.4 Å². The van der Waals surface area contributed by atoms with E-state index < -0.39 is 11.9 Å². The Morgan fingerprint density at radius 3 is 2.00 bits per heavy atom. The molecule has 152 valence electrons. The molecule has 2 N–H and O–H groups in total. The van der Waals surface area contributed by atoms with E-state index in [2.05, 4.69) is 6.07 Å². The van der Waals surface area contributed by atoms with E-state index >= 15 is 0 Å². The number of aliphatic carboxylic acids is 1. The minimum atomic E-state index is -0.902. The fourth-order valence-corrected chi connectivity index (χ4v) is 5.47. The summed E-state index contributed by atoms with van der Waals surface area (Å²) in [6, 6.07) is 11.5. The molecule has 4 nitrogen and oxygen atoms in total. The van der Waals surface area contributed by atoms with Gasteiger partial charge in [-0.1, -0.05) is 56.0 Å². The first kappa shape index (κ1) is 19.7. The van der Waals surface area contributed by atoms with Crippen LogP contribution in [0.25, 0.3) is 11.1 Å². The van der Waals surface area contributed by atoms with Crippen LogP contribution in [0.5, 0.6) is 0 Å². The Hall–Kier alpha value is -2.62. The molecular weight excluding hydrogens is 364 g/mol. The van der Waals surface area contributed by atoms with E-state index in [-0.39, 0.29) is 12.3 Å². The van der Waals surface area contributed by atoms with E-state index in [0.717, 1.165) is 66.3 Å². The first-order chi connectivity index (χ1) is 14.1. The fraction of sp³-hybridized carbons (Fsp3) is 0.440. The van der Waals surface area contributed by atoms with Crippen LogP contribution >= 0.6 is 0 Å². The van der Waals surface area contributed by atoms with Gasteiger partial charge in [-0.2, -0.15) is 0 Å². The van der Waals surface area contributed by atoms with Crippen molar-refractivity contribution < 1.29 is 19.8 Å². The van der Waals surface area contributed by atoms with Gasteiger partial charge in [0, 0.05) is 0 Å². The highest BCUT2D eigenvalue weighted by molar-refractivity contribution is 5.93. The van der Waals surface area contributed by atoms with Crippen molar-refractivity contribution in [3.63, 3.8) is 0 Å². The van der Waals surface area contributed by atoms with Crippen LogP contribution in [0.3, 0.4) is 0 Å². The Bertz CT molecular complexity index is 918. The molecule has 0 radical (unpaired) electrons. The number of carbonyl (C=O) groups is 2. The highest BCUT2D eigenvalue weighted by Crippen LogP contribution is 2.44. The summed E-state index contributed by atoms with van der Waals surface area (Å²) in [6.45, 7) is 0. The molecule has 2 aliphatic rings. The van der Waals surface area contributed by atoms with Crippen molar-refractivity contribution in [2.24, 2.45) is 0 Å². The zero-order valence-electron chi connectivity index (χ0n) is 16.7. The molecule has 2 aromatic rings. The topological polar surface area (TPSA) is 74.6 Å². The number of carboxylic acid groups (broad SMARTS) is 2. The van der Waals surface area contributed by atoms with Gasteiger partial charge in [-0.25, -0.2) is 4.79 Å². The molecule has 0 unspecified atom stereocenters. The molecule has 0 saturated heterocycles. The van der Waals surface area contributed by atoms with Gasteiger partial charge in [0.05, 0.1) is 12.0 Å². The van der Waals surface area contributed by atoms with Crippen LogP contribution in [0, 0.1) is 0 Å². The highest BCUT2D eigenvalue weighted by Gasteiger charge is 2.28. The Morgan fingerprint density at radius 1 is 0.793 bits per heavy atom. The molecule has 29 heavy (non-hydrogen) atoms. The molecule has 4 heteroatoms. The lowest BCUT2D eigenvalue weighted by Gasteiger charge is -2.23. The summed E-state index contributed by atoms with van der Waals surface area (Å²) in [4.78, 5) is 23.7. The van der Waals surface area contributed by atoms with Gasteiger partial charge in [-0.05, 0) is 71.4 Å². The van der Waals surface area contributed by atoms with E-state index in [1.807, 2.05) is 18.2 Å². The second kappa shape index (κ2) is 8.40. The number of carboxylic acids is 2. The molecule has 4 rings (SSSR count). The average Bonchev–Trinajstić information content (AvgIpc) is 3.41. The van der Waals surface area contributed by atoms with E-state index in [1.54, 1.807) is 12.1 Å². The maximum absolute atomic E-state index is 12.0. The lowest BCUT2D eigenvalue weighted by Crippen LogP contribution is -2.11. The van der Waals surface area contributed by atoms with Crippen molar-refractivity contribution >= 4 is 11.9 Å². The zero-order valence-corrected chi connectivity index (χ0v) is 16.7. The lowest BCUT2D eigenvalue weighted by atomic mass is 9.81. The molecule has 0 atom stereocenters. The highest BCUT2D eigenvalue weighted by atomic mass is 16.4. The van der Waals surface area contributed by atoms with Gasteiger partial charge < -0.3 is 10.2 Å². The Morgan fingerprint density at radius 2 is 1.38 bits per heavy atom. The molecule has 2 saturated carbocycles. The third-order valence-corrected chi connectivity index (χ3v) is 6.73. The molecule has 0 amide bonds. The third-order valence-electron chi connectivity index (χ3n) is 6.73. The predicted octanol–water partition coefficient (Wildman–Crippen LogP) is 5.99. The summed E-state index contributed by atoms with van der Waals surface area (Å²) in [6.07, 6.45) is 8.75. The molecule has 0 aliphatic heterocycles. The Labute approximate surface area is 171 Å². The second-order valence-electron chi connectivity index (χ2n) is 8.48. The summed E-state index contributed by atoms with van der Waals surface area (Å²) in [5, 5.41) is 19.5. The van der Waals surface area contributed by atoms with Crippen LogP contribution in [0.2, 0.25) is 0 Å². The molecule has 0 aromatic heterocycles. The number of hydrogen-bond acceptors (Lipinski definition) is 2. The minimum Gasteiger partial charge on any atom is -0.481 e. The molecule has 0 bridgehead atoms. The van der Waals surface area contributed by atoms with Crippen molar-refractivity contribution in [3.8, 4) is 11.1 Å². The van der Waals surface area contributed by atoms with Crippen molar-refractivity contribution in [3.05, 3.63) is 58.7 Å². The monoisotopic (exact) mass is 392 g/mol. The van der Waals surface area contributed by atoms with E-state index in [4.69, 9.17) is 0 Å². The standard InChI is InChI=1S/C25H28O4/c26-23(27)15-22-18(16-7-1-2-8-16)11-5-12-19(22)20-13-6-14-21(25(28)29)24(20)17-9-3-4-10-17/h5-6,11-14,16-17H,1-4,7-10,15H2,(H,26,27)(H,28,29). The smallest absolute Gasteiger partial charge is 0.335 e. The number of hydrogen-bond donors (Lipinski definition) is 2. The van der Waals surface area contributed by atoms with Gasteiger partial charge in [-0.15, -0.1) is 0 Å². The Balaban J connectivity index is 1.92. The fourth-order valence-electron chi connectivity index (χ4n) is 5.47. The van der Waals surface area contributed by atoms with Crippen LogP contribution in [0.4, 0.5) is 0 Å². The SMILES string of the molecule is O=C(O)Cc1c(-c2cccc(C(=O)O)c2C2CCCC2)cccc1C1CCCC1. The van der Waals surface area contributed by atoms with E-state index in [1.165, 1.54) is 12.8 Å².